The van der Waals surface area contributed by atoms with Gasteiger partial charge in [0.1, 0.15) is 0 Å². The maximum atomic E-state index is 9.62. The molecular formula is C56H67B2BrClN3O4. The second-order valence-corrected chi connectivity index (χ2v) is 16.8. The third-order valence-corrected chi connectivity index (χ3v) is 11.8. The highest BCUT2D eigenvalue weighted by Gasteiger charge is 2.18. The van der Waals surface area contributed by atoms with E-state index in [1.807, 2.05) is 48.5 Å². The lowest BCUT2D eigenvalue weighted by atomic mass is 9.77. The number of nitrogens with two attached hydrogens (primary N) is 1. The molecule has 0 heterocycles. The van der Waals surface area contributed by atoms with Crippen LogP contribution >= 0.6 is 27.5 Å². The molecule has 67 heavy (non-hydrogen) atoms. The first-order chi connectivity index (χ1) is 32.7. The Balaban J connectivity index is 0.000000200. The SMILES string of the molecule is CCCN.CCCN(Cc1ccccc1B(O)O)Cc1cccc2ccccc12.CCCNCc1cccc2ccccc12.ClCc1cccc2ccccc12.OB(O)c1ccccc1CBr. The van der Waals surface area contributed by atoms with E-state index in [4.69, 9.17) is 27.4 Å². The summed E-state index contributed by atoms with van der Waals surface area (Å²) in [5, 5.41) is 48.8. The van der Waals surface area contributed by atoms with Crippen LogP contribution in [0.4, 0.5) is 0 Å². The standard InChI is InChI=1S/C21H24BNO2.C14H17N.C11H9Cl.C7H8BBrO2.C3H9N/c1-2-14-23(16-19-9-4-6-13-21(19)22(24)25)15-18-11-7-10-17-8-3-5-12-20(17)18;1-2-10-15-11-13-8-5-7-12-6-3-4-9-14(12)13;12-8-10-6-3-5-9-4-1-2-7-11(9)10;9-5-6-3-1-2-4-7(6)8(10)11;1-2-3-4/h3-13,24-25H,2,14-16H2,1H3;3-9,15H,2,10-11H2,1H3;1-7H,8H2;1-4,10-11H,5H2;2-4H2,1H3. The summed E-state index contributed by atoms with van der Waals surface area (Å²) in [5.41, 5.74) is 11.9. The van der Waals surface area contributed by atoms with Gasteiger partial charge in [-0.1, -0.05) is 213 Å². The predicted octanol–water partition coefficient (Wildman–Crippen LogP) is 10.5. The summed E-state index contributed by atoms with van der Waals surface area (Å²) in [6, 6.07) is 59.1. The molecule has 0 unspecified atom stereocenters. The third-order valence-electron chi connectivity index (χ3n) is 11.0. The Morgan fingerprint density at radius 3 is 1.34 bits per heavy atom. The number of nitrogens with zero attached hydrogens (tertiary/aromatic N) is 1. The van der Waals surface area contributed by atoms with E-state index in [1.54, 1.807) is 18.2 Å². The summed E-state index contributed by atoms with van der Waals surface area (Å²) >= 11 is 9.06. The Kier molecular flexibility index (Phi) is 25.5. The average molecular weight is 983 g/mol. The largest absolute Gasteiger partial charge is 0.488 e. The van der Waals surface area contributed by atoms with E-state index >= 15 is 0 Å². The lowest BCUT2D eigenvalue weighted by Crippen LogP contribution is -2.35. The van der Waals surface area contributed by atoms with Crippen LogP contribution in [0.5, 0.6) is 0 Å². The highest BCUT2D eigenvalue weighted by Crippen LogP contribution is 2.22. The van der Waals surface area contributed by atoms with Crippen molar-refractivity contribution >= 4 is 85.0 Å². The van der Waals surface area contributed by atoms with Gasteiger partial charge in [0.05, 0.1) is 0 Å². The van der Waals surface area contributed by atoms with Gasteiger partial charge < -0.3 is 31.1 Å². The molecule has 0 aliphatic rings. The molecule has 8 aromatic carbocycles. The molecule has 11 heteroatoms. The number of hydrogen-bond acceptors (Lipinski definition) is 7. The zero-order chi connectivity index (χ0) is 48.2. The molecule has 0 fully saturated rings. The number of hydrogen-bond donors (Lipinski definition) is 6. The third kappa shape index (κ3) is 18.0. The molecule has 0 amide bonds. The van der Waals surface area contributed by atoms with E-state index in [-0.39, 0.29) is 0 Å². The molecule has 0 saturated heterocycles. The van der Waals surface area contributed by atoms with Gasteiger partial charge in [-0.15, -0.1) is 11.6 Å². The number of nitrogens with one attached hydrogen (secondary N) is 1. The second-order valence-electron chi connectivity index (χ2n) is 16.0. The molecule has 8 aromatic rings. The first-order valence-electron chi connectivity index (χ1n) is 23.2. The van der Waals surface area contributed by atoms with Crippen LogP contribution in [0.15, 0.2) is 176 Å². The van der Waals surface area contributed by atoms with Crippen LogP contribution in [0.25, 0.3) is 32.3 Å². The summed E-state index contributed by atoms with van der Waals surface area (Å²) in [6.07, 6.45) is 3.33. The van der Waals surface area contributed by atoms with Crippen molar-refractivity contribution in [2.24, 2.45) is 5.73 Å². The van der Waals surface area contributed by atoms with E-state index < -0.39 is 14.2 Å². The Bertz CT molecular complexity index is 2620. The molecule has 0 aliphatic heterocycles. The van der Waals surface area contributed by atoms with Crippen LogP contribution in [0.3, 0.4) is 0 Å². The molecule has 7 nitrogen and oxygen atoms in total. The van der Waals surface area contributed by atoms with Crippen LogP contribution in [0, 0.1) is 0 Å². The molecule has 0 radical (unpaired) electrons. The van der Waals surface area contributed by atoms with Crippen molar-refractivity contribution < 1.29 is 20.1 Å². The van der Waals surface area contributed by atoms with Crippen molar-refractivity contribution in [3.63, 3.8) is 0 Å². The maximum absolute atomic E-state index is 9.62. The number of fused-ring (bicyclic) bond motifs is 3. The smallest absolute Gasteiger partial charge is 0.423 e. The second kappa shape index (κ2) is 31.3. The normalized spacial score (nSPS) is 10.5. The fourth-order valence-electron chi connectivity index (χ4n) is 7.54. The molecular weight excluding hydrogens is 916 g/mol. The van der Waals surface area contributed by atoms with Crippen LogP contribution in [0.2, 0.25) is 0 Å². The van der Waals surface area contributed by atoms with E-state index in [9.17, 15) is 10.0 Å². The molecule has 0 atom stereocenters. The Hall–Kier alpha value is -4.84. The summed E-state index contributed by atoms with van der Waals surface area (Å²) in [4.78, 5) is 2.36. The molecule has 0 bridgehead atoms. The van der Waals surface area contributed by atoms with E-state index in [0.717, 1.165) is 56.7 Å². The lowest BCUT2D eigenvalue weighted by molar-refractivity contribution is 0.258. The van der Waals surface area contributed by atoms with Gasteiger partial charge in [0, 0.05) is 30.8 Å². The quantitative estimate of drug-likeness (QED) is 0.0344. The maximum Gasteiger partial charge on any atom is 0.488 e. The lowest BCUT2D eigenvalue weighted by Gasteiger charge is -2.24. The first kappa shape index (κ1) is 54.8. The number of rotatable bonds is 15. The average Bonchev–Trinajstić information content (AvgIpc) is 3.37. The highest BCUT2D eigenvalue weighted by atomic mass is 79.9. The van der Waals surface area contributed by atoms with Gasteiger partial charge in [0.2, 0.25) is 0 Å². The van der Waals surface area contributed by atoms with Crippen molar-refractivity contribution in [2.75, 3.05) is 19.6 Å². The molecule has 0 saturated carbocycles. The minimum absolute atomic E-state index is 0.560. The Morgan fingerprint density at radius 1 is 0.493 bits per heavy atom. The van der Waals surface area contributed by atoms with Crippen molar-refractivity contribution in [3.8, 4) is 0 Å². The Morgan fingerprint density at radius 2 is 0.881 bits per heavy atom. The van der Waals surface area contributed by atoms with Crippen LogP contribution < -0.4 is 22.0 Å². The Labute approximate surface area is 413 Å². The zero-order valence-corrected chi connectivity index (χ0v) is 41.6. The minimum Gasteiger partial charge on any atom is -0.423 e. The zero-order valence-electron chi connectivity index (χ0n) is 39.2. The molecule has 350 valence electrons. The fraction of sp³-hybridized carbons (Fsp3) is 0.250. The first-order valence-corrected chi connectivity index (χ1v) is 24.9. The summed E-state index contributed by atoms with van der Waals surface area (Å²) in [7, 11) is -2.80. The fourth-order valence-corrected chi connectivity index (χ4v) is 8.28. The summed E-state index contributed by atoms with van der Waals surface area (Å²) in [5.74, 6) is 0.585. The van der Waals surface area contributed by atoms with Gasteiger partial charge >= 0.3 is 14.2 Å². The monoisotopic (exact) mass is 981 g/mol. The van der Waals surface area contributed by atoms with Crippen LogP contribution in [0.1, 0.15) is 67.9 Å². The molecule has 8 rings (SSSR count). The van der Waals surface area contributed by atoms with Crippen molar-refractivity contribution in [3.05, 3.63) is 204 Å². The molecule has 0 aliphatic carbocycles. The number of benzene rings is 8. The van der Waals surface area contributed by atoms with Crippen LogP contribution in [-0.2, 0) is 30.8 Å². The van der Waals surface area contributed by atoms with Crippen molar-refractivity contribution in [1.82, 2.24) is 10.2 Å². The molecule has 7 N–H and O–H groups in total. The summed E-state index contributed by atoms with van der Waals surface area (Å²) in [6.45, 7) is 11.8. The van der Waals surface area contributed by atoms with Gasteiger partial charge in [0.15, 0.2) is 0 Å². The molecule has 0 spiro atoms. The minimum atomic E-state index is -1.43. The van der Waals surface area contributed by atoms with Crippen LogP contribution in [-0.4, -0.2) is 58.9 Å². The topological polar surface area (TPSA) is 122 Å². The van der Waals surface area contributed by atoms with Gasteiger partial charge in [0.25, 0.3) is 0 Å². The van der Waals surface area contributed by atoms with E-state index in [0.29, 0.717) is 28.7 Å². The van der Waals surface area contributed by atoms with Gasteiger partial charge in [-0.3, -0.25) is 4.90 Å². The highest BCUT2D eigenvalue weighted by molar-refractivity contribution is 9.08. The molecule has 0 aromatic heterocycles. The number of halogens is 2. The number of alkyl halides is 2. The van der Waals surface area contributed by atoms with Gasteiger partial charge in [-0.05, 0) is 110 Å². The van der Waals surface area contributed by atoms with Gasteiger partial charge in [-0.25, -0.2) is 0 Å². The predicted molar refractivity (Wildman–Crippen MR) is 292 cm³/mol. The van der Waals surface area contributed by atoms with E-state index in [2.05, 4.69) is 156 Å². The van der Waals surface area contributed by atoms with E-state index in [1.165, 1.54) is 55.4 Å². The summed E-state index contributed by atoms with van der Waals surface area (Å²) < 4.78 is 0. The van der Waals surface area contributed by atoms with Crippen molar-refractivity contribution in [2.45, 2.75) is 70.9 Å². The van der Waals surface area contributed by atoms with Crippen molar-refractivity contribution in [1.29, 1.82) is 0 Å². The van der Waals surface area contributed by atoms with Gasteiger partial charge in [-0.2, -0.15) is 0 Å².